The van der Waals surface area contributed by atoms with E-state index in [1.807, 2.05) is 85.8 Å². The largest absolute Gasteiger partial charge is 0.476 e. The molecule has 0 fully saturated rings. The van der Waals surface area contributed by atoms with Crippen molar-refractivity contribution in [3.63, 3.8) is 0 Å². The van der Waals surface area contributed by atoms with Crippen molar-refractivity contribution >= 4 is 22.9 Å². The lowest BCUT2D eigenvalue weighted by Crippen LogP contribution is -2.04. The van der Waals surface area contributed by atoms with Gasteiger partial charge in [-0.05, 0) is 18.1 Å². The Bertz CT molecular complexity index is 1470. The van der Waals surface area contributed by atoms with E-state index in [9.17, 15) is 4.79 Å². The lowest BCUT2D eigenvalue weighted by Gasteiger charge is -2.08. The zero-order valence-electron chi connectivity index (χ0n) is 18.5. The van der Waals surface area contributed by atoms with Crippen LogP contribution in [0.15, 0.2) is 85.1 Å². The Morgan fingerprint density at radius 3 is 2.09 bits per heavy atom. The van der Waals surface area contributed by atoms with Crippen LogP contribution in [-0.2, 0) is 0 Å². The Kier molecular flexibility index (Phi) is 5.66. The number of hydrogen-bond acceptors (Lipinski definition) is 7. The summed E-state index contributed by atoms with van der Waals surface area (Å²) in [6, 6.07) is 24.9. The molecule has 7 heteroatoms. The normalized spacial score (nSPS) is 10.9. The smallest absolute Gasteiger partial charge is 0.247 e. The SMILES string of the molecule is CCOc1nc(N)nc2ncc(-c3ccc(-c4ccc(C(=O)c5ccccc5)cc4)cc3)nc12. The Morgan fingerprint density at radius 2 is 1.41 bits per heavy atom. The number of ketones is 1. The van der Waals surface area contributed by atoms with E-state index < -0.39 is 0 Å². The van der Waals surface area contributed by atoms with E-state index in [1.54, 1.807) is 6.20 Å². The number of anilines is 1. The molecule has 166 valence electrons. The highest BCUT2D eigenvalue weighted by Crippen LogP contribution is 2.27. The number of benzene rings is 3. The zero-order chi connectivity index (χ0) is 23.5. The van der Waals surface area contributed by atoms with Crippen molar-refractivity contribution in [2.75, 3.05) is 12.3 Å². The van der Waals surface area contributed by atoms with Crippen LogP contribution < -0.4 is 10.5 Å². The van der Waals surface area contributed by atoms with Gasteiger partial charge in [0.2, 0.25) is 11.8 Å². The second kappa shape index (κ2) is 9.07. The highest BCUT2D eigenvalue weighted by Gasteiger charge is 2.13. The molecule has 0 unspecified atom stereocenters. The Hall–Kier alpha value is -4.65. The summed E-state index contributed by atoms with van der Waals surface area (Å²) < 4.78 is 5.56. The summed E-state index contributed by atoms with van der Waals surface area (Å²) in [4.78, 5) is 30.0. The lowest BCUT2D eigenvalue weighted by atomic mass is 9.98. The number of nitrogen functional groups attached to an aromatic ring is 1. The van der Waals surface area contributed by atoms with Gasteiger partial charge in [0.25, 0.3) is 0 Å². The Balaban J connectivity index is 1.40. The molecule has 0 radical (unpaired) electrons. The first-order valence-corrected chi connectivity index (χ1v) is 10.9. The van der Waals surface area contributed by atoms with E-state index in [2.05, 4.69) is 19.9 Å². The summed E-state index contributed by atoms with van der Waals surface area (Å²) >= 11 is 0. The molecule has 0 saturated carbocycles. The van der Waals surface area contributed by atoms with Crippen molar-refractivity contribution < 1.29 is 9.53 Å². The Morgan fingerprint density at radius 1 is 0.794 bits per heavy atom. The first-order valence-electron chi connectivity index (χ1n) is 10.9. The van der Waals surface area contributed by atoms with Crippen molar-refractivity contribution in [3.05, 3.63) is 96.2 Å². The Labute approximate surface area is 196 Å². The van der Waals surface area contributed by atoms with Gasteiger partial charge in [-0.15, -0.1) is 0 Å². The standard InChI is InChI=1S/C27H21N5O2/c1-2-34-26-23-25(31-27(28)32-26)29-16-22(30-23)19-12-8-17(9-13-19)18-10-14-21(15-11-18)24(33)20-6-4-3-5-7-20/h3-16H,2H2,1H3,(H2,28,29,31,32). The molecule has 0 atom stereocenters. The van der Waals surface area contributed by atoms with Gasteiger partial charge < -0.3 is 10.5 Å². The molecule has 0 spiro atoms. The number of nitrogens with two attached hydrogens (primary N) is 1. The van der Waals surface area contributed by atoms with Gasteiger partial charge in [-0.3, -0.25) is 4.79 Å². The molecule has 0 aliphatic rings. The van der Waals surface area contributed by atoms with Crippen LogP contribution in [0.4, 0.5) is 5.95 Å². The number of fused-ring (bicyclic) bond motifs is 1. The summed E-state index contributed by atoms with van der Waals surface area (Å²) in [6.07, 6.45) is 1.66. The van der Waals surface area contributed by atoms with Crippen LogP contribution in [0.2, 0.25) is 0 Å². The number of aromatic nitrogens is 4. The minimum atomic E-state index is 0.00883. The van der Waals surface area contributed by atoms with Gasteiger partial charge in [0.1, 0.15) is 0 Å². The minimum absolute atomic E-state index is 0.00883. The molecule has 5 rings (SSSR count). The van der Waals surface area contributed by atoms with Gasteiger partial charge in [0, 0.05) is 16.7 Å². The first kappa shape index (κ1) is 21.2. The van der Waals surface area contributed by atoms with Crippen LogP contribution in [0, 0.1) is 0 Å². The average Bonchev–Trinajstić information content (AvgIpc) is 2.89. The van der Waals surface area contributed by atoms with E-state index in [1.165, 1.54) is 0 Å². The van der Waals surface area contributed by atoms with Crippen molar-refractivity contribution in [2.45, 2.75) is 6.92 Å². The van der Waals surface area contributed by atoms with Crippen LogP contribution in [-0.4, -0.2) is 32.3 Å². The summed E-state index contributed by atoms with van der Waals surface area (Å²) in [6.45, 7) is 2.30. The van der Waals surface area contributed by atoms with Crippen LogP contribution in [0.3, 0.4) is 0 Å². The second-order valence-corrected chi connectivity index (χ2v) is 7.60. The summed E-state index contributed by atoms with van der Waals surface area (Å²) in [5.74, 6) is 0.425. The second-order valence-electron chi connectivity index (χ2n) is 7.60. The van der Waals surface area contributed by atoms with Crippen LogP contribution in [0.25, 0.3) is 33.5 Å². The molecule has 0 amide bonds. The fourth-order valence-electron chi connectivity index (χ4n) is 3.68. The monoisotopic (exact) mass is 447 g/mol. The lowest BCUT2D eigenvalue weighted by molar-refractivity contribution is 0.103. The molecule has 5 aromatic rings. The number of carbonyl (C=O) groups excluding carboxylic acids is 1. The summed E-state index contributed by atoms with van der Waals surface area (Å²) in [5.41, 5.74) is 11.6. The van der Waals surface area contributed by atoms with Crippen LogP contribution in [0.1, 0.15) is 22.8 Å². The molecule has 2 N–H and O–H groups in total. The summed E-state index contributed by atoms with van der Waals surface area (Å²) in [5, 5.41) is 0. The fraction of sp³-hybridized carbons (Fsp3) is 0.0741. The van der Waals surface area contributed by atoms with E-state index in [-0.39, 0.29) is 11.7 Å². The third kappa shape index (κ3) is 4.19. The molecule has 3 aromatic carbocycles. The van der Waals surface area contributed by atoms with Crippen molar-refractivity contribution in [1.29, 1.82) is 0 Å². The van der Waals surface area contributed by atoms with Crippen molar-refractivity contribution in [1.82, 2.24) is 19.9 Å². The maximum Gasteiger partial charge on any atom is 0.247 e. The third-order valence-corrected chi connectivity index (χ3v) is 5.37. The number of carbonyl (C=O) groups is 1. The molecule has 2 heterocycles. The van der Waals surface area contributed by atoms with Crippen LogP contribution >= 0.6 is 0 Å². The molecule has 0 aliphatic carbocycles. The third-order valence-electron chi connectivity index (χ3n) is 5.37. The minimum Gasteiger partial charge on any atom is -0.476 e. The predicted octanol–water partition coefficient (Wildman–Crippen LogP) is 4.97. The number of ether oxygens (including phenoxy) is 1. The van der Waals surface area contributed by atoms with E-state index >= 15 is 0 Å². The van der Waals surface area contributed by atoms with E-state index in [0.717, 1.165) is 16.7 Å². The van der Waals surface area contributed by atoms with Gasteiger partial charge in [0.05, 0.1) is 18.5 Å². The van der Waals surface area contributed by atoms with Gasteiger partial charge >= 0.3 is 0 Å². The van der Waals surface area contributed by atoms with Gasteiger partial charge in [-0.25, -0.2) is 9.97 Å². The molecule has 34 heavy (non-hydrogen) atoms. The van der Waals surface area contributed by atoms with E-state index in [0.29, 0.717) is 40.5 Å². The molecular weight excluding hydrogens is 426 g/mol. The zero-order valence-corrected chi connectivity index (χ0v) is 18.5. The maximum atomic E-state index is 12.6. The van der Waals surface area contributed by atoms with Gasteiger partial charge in [0.15, 0.2) is 16.9 Å². The number of rotatable bonds is 6. The maximum absolute atomic E-state index is 12.6. The van der Waals surface area contributed by atoms with E-state index in [4.69, 9.17) is 10.5 Å². The molecular formula is C27H21N5O2. The van der Waals surface area contributed by atoms with Crippen molar-refractivity contribution in [2.24, 2.45) is 0 Å². The number of nitrogens with zero attached hydrogens (tertiary/aromatic N) is 4. The quantitative estimate of drug-likeness (QED) is 0.367. The van der Waals surface area contributed by atoms with Gasteiger partial charge in [-0.1, -0.05) is 78.9 Å². The first-order chi connectivity index (χ1) is 16.6. The molecule has 0 saturated heterocycles. The van der Waals surface area contributed by atoms with Crippen LogP contribution in [0.5, 0.6) is 5.88 Å². The molecule has 0 bridgehead atoms. The highest BCUT2D eigenvalue weighted by atomic mass is 16.5. The van der Waals surface area contributed by atoms with Gasteiger partial charge in [-0.2, -0.15) is 9.97 Å². The molecule has 7 nitrogen and oxygen atoms in total. The average molecular weight is 447 g/mol. The number of hydrogen-bond donors (Lipinski definition) is 1. The topological polar surface area (TPSA) is 104 Å². The summed E-state index contributed by atoms with van der Waals surface area (Å²) in [7, 11) is 0. The molecule has 2 aromatic heterocycles. The predicted molar refractivity (Wildman–Crippen MR) is 131 cm³/mol. The van der Waals surface area contributed by atoms with Crippen molar-refractivity contribution in [3.8, 4) is 28.3 Å². The molecule has 0 aliphatic heterocycles. The fourth-order valence-corrected chi connectivity index (χ4v) is 3.68. The highest BCUT2D eigenvalue weighted by molar-refractivity contribution is 6.09.